The molecule has 2 N–H and O–H groups in total. The molecule has 0 radical (unpaired) electrons. The fourth-order valence-electron chi connectivity index (χ4n) is 5.70. The van der Waals surface area contributed by atoms with E-state index >= 15 is 0 Å². The third kappa shape index (κ3) is 4.38. The van der Waals surface area contributed by atoms with Crippen LogP contribution in [0.4, 0.5) is 0 Å². The summed E-state index contributed by atoms with van der Waals surface area (Å²) in [5, 5.41) is 1.14. The fraction of sp³-hybridized carbons (Fsp3) is 0.667. The molecule has 1 saturated heterocycles. The second kappa shape index (κ2) is 9.63. The number of ether oxygens (including phenoxy) is 3. The van der Waals surface area contributed by atoms with Crippen molar-refractivity contribution >= 4 is 27.5 Å². The Bertz CT molecular complexity index is 950. The van der Waals surface area contributed by atoms with Crippen LogP contribution in [0.3, 0.4) is 0 Å². The van der Waals surface area contributed by atoms with Crippen molar-refractivity contribution in [2.24, 2.45) is 5.73 Å². The summed E-state index contributed by atoms with van der Waals surface area (Å²) in [4.78, 5) is 21.4. The lowest BCUT2D eigenvalue weighted by Crippen LogP contribution is -2.46. The number of methoxy groups -OCH3 is 1. The summed E-state index contributed by atoms with van der Waals surface area (Å²) in [6.45, 7) is 3.82. The van der Waals surface area contributed by atoms with Gasteiger partial charge in [0.25, 0.3) is 0 Å². The van der Waals surface area contributed by atoms with Gasteiger partial charge in [-0.2, -0.15) is 0 Å². The molecular weight excluding hydrogens is 426 g/mol. The fourth-order valence-corrected chi connectivity index (χ4v) is 6.96. The maximum Gasteiger partial charge on any atom is 0.246 e. The predicted octanol–water partition coefficient (Wildman–Crippen LogP) is 3.24. The Morgan fingerprint density at radius 2 is 2.06 bits per heavy atom. The standard InChI is InChI=1S/C24H33N3O4S/c1-29-19(23(25)28)14-15-2-7-20-21(15)22-18(8-9-26-24(22)32-20)31-17-5-3-16(4-6-17)27-10-12-30-13-11-27/h8-9,15-17,19H,2-7,10-14H2,1H3,(H2,25,28)/t15-,16-,17-,19+/m1/s1. The molecule has 2 fully saturated rings. The summed E-state index contributed by atoms with van der Waals surface area (Å²) in [5.74, 6) is 0.800. The van der Waals surface area contributed by atoms with E-state index in [0.717, 1.165) is 68.0 Å². The third-order valence-electron chi connectivity index (χ3n) is 7.40. The largest absolute Gasteiger partial charge is 0.490 e. The Balaban J connectivity index is 1.32. The average molecular weight is 460 g/mol. The maximum atomic E-state index is 11.8. The number of carbonyl (C=O) groups excluding carboxylic acids is 1. The average Bonchev–Trinajstić information content (AvgIpc) is 3.38. The van der Waals surface area contributed by atoms with E-state index in [1.165, 1.54) is 23.3 Å². The van der Waals surface area contributed by atoms with Crippen molar-refractivity contribution in [2.75, 3.05) is 33.4 Å². The minimum Gasteiger partial charge on any atom is -0.490 e. The first-order valence-corrected chi connectivity index (χ1v) is 12.7. The molecule has 174 valence electrons. The number of thiophene rings is 1. The summed E-state index contributed by atoms with van der Waals surface area (Å²) >= 11 is 1.76. The lowest BCUT2D eigenvalue weighted by atomic mass is 9.91. The van der Waals surface area contributed by atoms with Crippen LogP contribution in [-0.2, 0) is 20.7 Å². The molecule has 32 heavy (non-hydrogen) atoms. The number of carbonyl (C=O) groups is 1. The van der Waals surface area contributed by atoms with Gasteiger partial charge in [0.2, 0.25) is 5.91 Å². The van der Waals surface area contributed by atoms with Crippen LogP contribution in [-0.4, -0.2) is 67.5 Å². The minimum atomic E-state index is -0.558. The summed E-state index contributed by atoms with van der Waals surface area (Å²) in [7, 11) is 1.56. The van der Waals surface area contributed by atoms with E-state index in [1.807, 2.05) is 12.3 Å². The molecule has 2 aliphatic carbocycles. The molecule has 2 atom stereocenters. The van der Waals surface area contributed by atoms with E-state index in [4.69, 9.17) is 19.9 Å². The van der Waals surface area contributed by atoms with Gasteiger partial charge in [-0.15, -0.1) is 11.3 Å². The molecule has 0 spiro atoms. The van der Waals surface area contributed by atoms with Gasteiger partial charge in [0, 0.05) is 37.3 Å². The number of hydrogen-bond donors (Lipinski definition) is 1. The number of aromatic nitrogens is 1. The monoisotopic (exact) mass is 459 g/mol. The number of pyridine rings is 1. The Labute approximate surface area is 193 Å². The first-order chi connectivity index (χ1) is 15.6. The van der Waals surface area contributed by atoms with E-state index in [2.05, 4.69) is 9.88 Å². The van der Waals surface area contributed by atoms with Crippen molar-refractivity contribution in [3.63, 3.8) is 0 Å². The van der Waals surface area contributed by atoms with Crippen LogP contribution in [0.15, 0.2) is 12.3 Å². The Morgan fingerprint density at radius 1 is 1.28 bits per heavy atom. The van der Waals surface area contributed by atoms with Crippen LogP contribution in [0.5, 0.6) is 5.75 Å². The molecule has 1 amide bonds. The Kier molecular flexibility index (Phi) is 6.64. The number of hydrogen-bond acceptors (Lipinski definition) is 7. The lowest BCUT2D eigenvalue weighted by molar-refractivity contribution is -0.128. The van der Waals surface area contributed by atoms with Crippen molar-refractivity contribution < 1.29 is 19.0 Å². The van der Waals surface area contributed by atoms with Crippen LogP contribution in [0, 0.1) is 0 Å². The molecule has 0 aromatic carbocycles. The number of primary amides is 1. The molecule has 2 aromatic rings. The molecular formula is C24H33N3O4S. The van der Waals surface area contributed by atoms with Gasteiger partial charge in [0.1, 0.15) is 16.7 Å². The number of aryl methyl sites for hydroxylation is 1. The van der Waals surface area contributed by atoms with Gasteiger partial charge >= 0.3 is 0 Å². The van der Waals surface area contributed by atoms with E-state index in [9.17, 15) is 4.79 Å². The van der Waals surface area contributed by atoms with Crippen LogP contribution in [0.1, 0.15) is 54.9 Å². The van der Waals surface area contributed by atoms with Crippen LogP contribution in [0.2, 0.25) is 0 Å². The SMILES string of the molecule is CO[C@@H](C[C@H]1CCc2sc3nccc(O[C@H]4CC[C@H](N5CCOCC5)CC4)c3c21)C(N)=O. The van der Waals surface area contributed by atoms with Gasteiger partial charge in [-0.1, -0.05) is 0 Å². The molecule has 1 aliphatic heterocycles. The smallest absolute Gasteiger partial charge is 0.246 e. The van der Waals surface area contributed by atoms with Crippen molar-refractivity contribution in [2.45, 2.75) is 69.1 Å². The Morgan fingerprint density at radius 3 is 2.78 bits per heavy atom. The Hall–Kier alpha value is -1.74. The number of morpholine rings is 1. The first kappa shape index (κ1) is 22.1. The molecule has 5 rings (SSSR count). The molecule has 0 unspecified atom stereocenters. The second-order valence-electron chi connectivity index (χ2n) is 9.22. The van der Waals surface area contributed by atoms with Crippen molar-refractivity contribution in [3.05, 3.63) is 22.7 Å². The van der Waals surface area contributed by atoms with E-state index in [0.29, 0.717) is 12.5 Å². The van der Waals surface area contributed by atoms with Gasteiger partial charge < -0.3 is 19.9 Å². The zero-order valence-corrected chi connectivity index (χ0v) is 19.6. The van der Waals surface area contributed by atoms with E-state index in [-0.39, 0.29) is 12.0 Å². The lowest BCUT2D eigenvalue weighted by Gasteiger charge is -2.38. The number of rotatable bonds is 7. The van der Waals surface area contributed by atoms with Crippen LogP contribution >= 0.6 is 11.3 Å². The van der Waals surface area contributed by atoms with Crippen LogP contribution < -0.4 is 10.5 Å². The van der Waals surface area contributed by atoms with Gasteiger partial charge in [0.15, 0.2) is 0 Å². The molecule has 3 heterocycles. The second-order valence-corrected chi connectivity index (χ2v) is 10.3. The highest BCUT2D eigenvalue weighted by atomic mass is 32.1. The van der Waals surface area contributed by atoms with Gasteiger partial charge in [0.05, 0.1) is 24.7 Å². The van der Waals surface area contributed by atoms with Gasteiger partial charge in [-0.25, -0.2) is 4.98 Å². The number of fused-ring (bicyclic) bond motifs is 3. The van der Waals surface area contributed by atoms with E-state index < -0.39 is 12.0 Å². The van der Waals surface area contributed by atoms with Gasteiger partial charge in [-0.05, 0) is 62.5 Å². The molecule has 2 aromatic heterocycles. The van der Waals surface area contributed by atoms with Crippen molar-refractivity contribution in [1.82, 2.24) is 9.88 Å². The minimum absolute atomic E-state index is 0.241. The summed E-state index contributed by atoms with van der Waals surface area (Å²) in [6, 6.07) is 2.67. The highest BCUT2D eigenvalue weighted by Gasteiger charge is 2.34. The molecule has 1 saturated carbocycles. The molecule has 7 nitrogen and oxygen atoms in total. The number of nitrogens with zero attached hydrogens (tertiary/aromatic N) is 2. The van der Waals surface area contributed by atoms with Crippen LogP contribution in [0.25, 0.3) is 10.2 Å². The highest BCUT2D eigenvalue weighted by Crippen LogP contribution is 2.48. The summed E-state index contributed by atoms with van der Waals surface area (Å²) in [6.07, 6.45) is 8.70. The molecule has 0 bridgehead atoms. The zero-order valence-electron chi connectivity index (χ0n) is 18.8. The molecule has 3 aliphatic rings. The zero-order chi connectivity index (χ0) is 22.1. The summed E-state index contributed by atoms with van der Waals surface area (Å²) in [5.41, 5.74) is 6.85. The normalized spacial score (nSPS) is 27.3. The van der Waals surface area contributed by atoms with Crippen molar-refractivity contribution in [1.29, 1.82) is 0 Å². The number of amides is 1. The first-order valence-electron chi connectivity index (χ1n) is 11.8. The quantitative estimate of drug-likeness (QED) is 0.684. The highest BCUT2D eigenvalue weighted by molar-refractivity contribution is 7.19. The summed E-state index contributed by atoms with van der Waals surface area (Å²) < 4.78 is 17.5. The maximum absolute atomic E-state index is 11.8. The topological polar surface area (TPSA) is 86.9 Å². The van der Waals surface area contributed by atoms with E-state index in [1.54, 1.807) is 18.4 Å². The number of nitrogens with two attached hydrogens (primary N) is 1. The third-order valence-corrected chi connectivity index (χ3v) is 8.57. The predicted molar refractivity (Wildman–Crippen MR) is 124 cm³/mol. The molecule has 8 heteroatoms. The van der Waals surface area contributed by atoms with Crippen molar-refractivity contribution in [3.8, 4) is 5.75 Å². The van der Waals surface area contributed by atoms with Gasteiger partial charge in [-0.3, -0.25) is 9.69 Å².